The quantitative estimate of drug-likeness (QED) is 0.694. The first-order valence-corrected chi connectivity index (χ1v) is 4.57. The number of pyridine rings is 1. The van der Waals surface area contributed by atoms with Gasteiger partial charge in [0.15, 0.2) is 0 Å². The number of hydrogen-bond donors (Lipinski definition) is 1. The summed E-state index contributed by atoms with van der Waals surface area (Å²) in [4.78, 5) is 4.22. The largest absolute Gasteiger partial charge is 0.330 e. The second-order valence-corrected chi connectivity index (χ2v) is 3.43. The van der Waals surface area contributed by atoms with Gasteiger partial charge in [-0.25, -0.2) is 4.98 Å². The van der Waals surface area contributed by atoms with E-state index >= 15 is 0 Å². The Morgan fingerprint density at radius 1 is 1.55 bits per heavy atom. The second kappa shape index (κ2) is 4.36. The molecule has 11 heavy (non-hydrogen) atoms. The fourth-order valence-corrected chi connectivity index (χ4v) is 1.32. The molecule has 1 aromatic rings. The highest BCUT2D eigenvalue weighted by Crippen LogP contribution is 2.13. The monoisotopic (exact) mass is 168 g/mol. The van der Waals surface area contributed by atoms with E-state index < -0.39 is 0 Å². The lowest BCUT2D eigenvalue weighted by molar-refractivity contribution is 1.09. The average Bonchev–Trinajstić information content (AvgIpc) is 2.04. The topological polar surface area (TPSA) is 38.9 Å². The van der Waals surface area contributed by atoms with Crippen LogP contribution in [0.1, 0.15) is 5.56 Å². The van der Waals surface area contributed by atoms with E-state index in [9.17, 15) is 0 Å². The maximum Gasteiger partial charge on any atom is 0.0960 e. The van der Waals surface area contributed by atoms with Gasteiger partial charge in [-0.3, -0.25) is 0 Å². The Kier molecular flexibility index (Phi) is 3.39. The summed E-state index contributed by atoms with van der Waals surface area (Å²) in [5, 5.41) is 1.06. The summed E-state index contributed by atoms with van der Waals surface area (Å²) in [6.07, 6.45) is 1.87. The fourth-order valence-electron chi connectivity index (χ4n) is 0.703. The normalized spacial score (nSPS) is 10.0. The first-order chi connectivity index (χ1) is 5.33. The van der Waals surface area contributed by atoms with Gasteiger partial charge in [-0.1, -0.05) is 6.07 Å². The molecule has 0 fully saturated rings. The Balaban J connectivity index is 2.52. The molecule has 2 nitrogen and oxygen atoms in total. The van der Waals surface area contributed by atoms with Gasteiger partial charge in [0, 0.05) is 18.5 Å². The standard InChI is InChI=1S/C8H12N2S/c1-7-2-3-8(10-6-7)11-5-4-9/h2-3,6H,4-5,9H2,1H3. The van der Waals surface area contributed by atoms with Gasteiger partial charge in [-0.2, -0.15) is 0 Å². The Hall–Kier alpha value is -0.540. The van der Waals surface area contributed by atoms with E-state index in [2.05, 4.69) is 11.1 Å². The first kappa shape index (κ1) is 8.56. The average molecular weight is 168 g/mol. The molecular formula is C8H12N2S. The van der Waals surface area contributed by atoms with Crippen LogP contribution in [0.3, 0.4) is 0 Å². The Morgan fingerprint density at radius 3 is 2.91 bits per heavy atom. The molecule has 0 unspecified atom stereocenters. The van der Waals surface area contributed by atoms with Crippen LogP contribution in [0.15, 0.2) is 23.4 Å². The molecule has 3 heteroatoms. The van der Waals surface area contributed by atoms with Gasteiger partial charge in [0.2, 0.25) is 0 Å². The highest BCUT2D eigenvalue weighted by molar-refractivity contribution is 7.99. The van der Waals surface area contributed by atoms with Crippen molar-refractivity contribution in [2.45, 2.75) is 11.9 Å². The van der Waals surface area contributed by atoms with Crippen molar-refractivity contribution in [3.8, 4) is 0 Å². The molecule has 0 aliphatic heterocycles. The van der Waals surface area contributed by atoms with Gasteiger partial charge in [-0.05, 0) is 18.6 Å². The molecule has 0 atom stereocenters. The Bertz CT molecular complexity index is 208. The van der Waals surface area contributed by atoms with Gasteiger partial charge in [0.25, 0.3) is 0 Å². The third-order valence-corrected chi connectivity index (χ3v) is 2.23. The predicted molar refractivity (Wildman–Crippen MR) is 48.8 cm³/mol. The summed E-state index contributed by atoms with van der Waals surface area (Å²) in [6.45, 7) is 2.74. The molecule has 0 amide bonds. The molecule has 0 bridgehead atoms. The minimum Gasteiger partial charge on any atom is -0.330 e. The van der Waals surface area contributed by atoms with Crippen LogP contribution in [-0.2, 0) is 0 Å². The number of nitrogens with two attached hydrogens (primary N) is 1. The highest BCUT2D eigenvalue weighted by Gasteiger charge is 1.92. The Labute approximate surface area is 71.2 Å². The van der Waals surface area contributed by atoms with E-state index in [1.54, 1.807) is 11.8 Å². The molecule has 2 N–H and O–H groups in total. The zero-order chi connectivity index (χ0) is 8.10. The molecule has 0 aromatic carbocycles. The van der Waals surface area contributed by atoms with Crippen LogP contribution in [0.2, 0.25) is 0 Å². The van der Waals surface area contributed by atoms with Crippen LogP contribution in [0.25, 0.3) is 0 Å². The van der Waals surface area contributed by atoms with E-state index in [1.165, 1.54) is 5.56 Å². The number of aryl methyl sites for hydroxylation is 1. The Morgan fingerprint density at radius 2 is 2.36 bits per heavy atom. The molecule has 0 spiro atoms. The summed E-state index contributed by atoms with van der Waals surface area (Å²) < 4.78 is 0. The van der Waals surface area contributed by atoms with E-state index in [-0.39, 0.29) is 0 Å². The van der Waals surface area contributed by atoms with Crippen molar-refractivity contribution in [3.05, 3.63) is 23.9 Å². The summed E-state index contributed by atoms with van der Waals surface area (Å²) in [7, 11) is 0. The zero-order valence-corrected chi connectivity index (χ0v) is 7.40. The van der Waals surface area contributed by atoms with Crippen LogP contribution in [0.4, 0.5) is 0 Å². The number of thioether (sulfide) groups is 1. The molecule has 0 aliphatic carbocycles. The van der Waals surface area contributed by atoms with Gasteiger partial charge in [0.05, 0.1) is 5.03 Å². The minimum absolute atomic E-state index is 0.709. The van der Waals surface area contributed by atoms with E-state index in [0.29, 0.717) is 6.54 Å². The van der Waals surface area contributed by atoms with E-state index in [4.69, 9.17) is 5.73 Å². The van der Waals surface area contributed by atoms with Crippen LogP contribution >= 0.6 is 11.8 Å². The lowest BCUT2D eigenvalue weighted by Crippen LogP contribution is -2.01. The summed E-state index contributed by atoms with van der Waals surface area (Å²) in [6, 6.07) is 4.08. The molecule has 1 aromatic heterocycles. The van der Waals surface area contributed by atoms with Crippen LogP contribution in [0, 0.1) is 6.92 Å². The van der Waals surface area contributed by atoms with Crippen molar-refractivity contribution in [3.63, 3.8) is 0 Å². The van der Waals surface area contributed by atoms with Crippen molar-refractivity contribution in [2.75, 3.05) is 12.3 Å². The number of rotatable bonds is 3. The minimum atomic E-state index is 0.709. The van der Waals surface area contributed by atoms with Gasteiger partial charge < -0.3 is 5.73 Å². The summed E-state index contributed by atoms with van der Waals surface area (Å²) in [5.41, 5.74) is 6.55. The van der Waals surface area contributed by atoms with E-state index in [1.807, 2.05) is 19.2 Å². The van der Waals surface area contributed by atoms with Gasteiger partial charge in [-0.15, -0.1) is 11.8 Å². The number of aromatic nitrogens is 1. The van der Waals surface area contributed by atoms with Crippen molar-refractivity contribution < 1.29 is 0 Å². The molecule has 0 aliphatic rings. The van der Waals surface area contributed by atoms with E-state index in [0.717, 1.165) is 10.8 Å². The highest BCUT2D eigenvalue weighted by atomic mass is 32.2. The second-order valence-electron chi connectivity index (χ2n) is 2.31. The number of nitrogens with zero attached hydrogens (tertiary/aromatic N) is 1. The van der Waals surface area contributed by atoms with Crippen molar-refractivity contribution in [1.82, 2.24) is 4.98 Å². The summed E-state index contributed by atoms with van der Waals surface area (Å²) >= 11 is 1.69. The third-order valence-electron chi connectivity index (χ3n) is 1.25. The lowest BCUT2D eigenvalue weighted by Gasteiger charge is -1.97. The zero-order valence-electron chi connectivity index (χ0n) is 6.58. The first-order valence-electron chi connectivity index (χ1n) is 3.58. The van der Waals surface area contributed by atoms with Crippen LogP contribution in [-0.4, -0.2) is 17.3 Å². The molecule has 0 radical (unpaired) electrons. The molecular weight excluding hydrogens is 156 g/mol. The maximum absolute atomic E-state index is 5.36. The van der Waals surface area contributed by atoms with Crippen LogP contribution < -0.4 is 5.73 Å². The third kappa shape index (κ3) is 2.91. The van der Waals surface area contributed by atoms with Gasteiger partial charge in [0.1, 0.15) is 0 Å². The fraction of sp³-hybridized carbons (Fsp3) is 0.375. The van der Waals surface area contributed by atoms with Crippen molar-refractivity contribution >= 4 is 11.8 Å². The smallest absolute Gasteiger partial charge is 0.0960 e. The summed E-state index contributed by atoms with van der Waals surface area (Å²) in [5.74, 6) is 0.941. The molecule has 0 saturated carbocycles. The van der Waals surface area contributed by atoms with Gasteiger partial charge >= 0.3 is 0 Å². The molecule has 1 rings (SSSR count). The van der Waals surface area contributed by atoms with Crippen molar-refractivity contribution in [1.29, 1.82) is 0 Å². The SMILES string of the molecule is Cc1ccc(SCCN)nc1. The van der Waals surface area contributed by atoms with Crippen molar-refractivity contribution in [2.24, 2.45) is 5.73 Å². The predicted octanol–water partition coefficient (Wildman–Crippen LogP) is 1.44. The molecule has 0 saturated heterocycles. The maximum atomic E-state index is 5.36. The lowest BCUT2D eigenvalue weighted by atomic mass is 10.3. The number of hydrogen-bond acceptors (Lipinski definition) is 3. The molecule has 1 heterocycles. The molecule has 60 valence electrons. The van der Waals surface area contributed by atoms with Crippen LogP contribution in [0.5, 0.6) is 0 Å².